The van der Waals surface area contributed by atoms with E-state index >= 15 is 0 Å². The van der Waals surface area contributed by atoms with Crippen molar-refractivity contribution in [2.45, 2.75) is 58.9 Å². The quantitative estimate of drug-likeness (QED) is 0.688. The number of piperidine rings is 1. The topological polar surface area (TPSA) is 32.3 Å². The van der Waals surface area contributed by atoms with Gasteiger partial charge in [0.2, 0.25) is 5.28 Å². The van der Waals surface area contributed by atoms with Gasteiger partial charge in [-0.3, -0.25) is 0 Å². The third-order valence-electron chi connectivity index (χ3n) is 5.91. The number of nitrogens with zero attached hydrogens (tertiary/aromatic N) is 4. The van der Waals surface area contributed by atoms with Crippen molar-refractivity contribution in [2.24, 2.45) is 0 Å². The van der Waals surface area contributed by atoms with Crippen LogP contribution in [0.5, 0.6) is 0 Å². The van der Waals surface area contributed by atoms with E-state index in [0.717, 1.165) is 44.1 Å². The third-order valence-corrected chi connectivity index (χ3v) is 6.08. The van der Waals surface area contributed by atoms with Crippen molar-refractivity contribution in [1.29, 1.82) is 0 Å². The van der Waals surface area contributed by atoms with Crippen LogP contribution in [0.25, 0.3) is 0 Å². The second-order valence-electron chi connectivity index (χ2n) is 8.16. The molecule has 4 nitrogen and oxygen atoms in total. The Balaban J connectivity index is 1.69. The lowest BCUT2D eigenvalue weighted by Gasteiger charge is -2.36. The van der Waals surface area contributed by atoms with Crippen LogP contribution in [-0.4, -0.2) is 29.6 Å². The summed E-state index contributed by atoms with van der Waals surface area (Å²) in [6.45, 7) is 10.7. The molecule has 1 saturated heterocycles. The summed E-state index contributed by atoms with van der Waals surface area (Å²) in [5, 5.41) is 0.390. The molecule has 5 heteroatoms. The Kier molecular flexibility index (Phi) is 5.27. The minimum Gasteiger partial charge on any atom is -0.366 e. The number of fused-ring (bicyclic) bond motifs is 1. The predicted octanol–water partition coefficient (Wildman–Crippen LogP) is 5.11. The Morgan fingerprint density at radius 1 is 1.00 bits per heavy atom. The summed E-state index contributed by atoms with van der Waals surface area (Å²) in [5.41, 5.74) is 6.46. The average molecular weight is 385 g/mol. The maximum absolute atomic E-state index is 6.27. The van der Waals surface area contributed by atoms with Gasteiger partial charge >= 0.3 is 0 Å². The molecule has 0 spiro atoms. The van der Waals surface area contributed by atoms with E-state index < -0.39 is 0 Å². The molecule has 1 aromatic carbocycles. The molecule has 0 saturated carbocycles. The first-order valence-electron chi connectivity index (χ1n) is 10.2. The van der Waals surface area contributed by atoms with Crippen LogP contribution in [0.3, 0.4) is 0 Å². The molecule has 0 unspecified atom stereocenters. The first-order chi connectivity index (χ1) is 13.0. The van der Waals surface area contributed by atoms with Gasteiger partial charge < -0.3 is 9.80 Å². The van der Waals surface area contributed by atoms with Gasteiger partial charge in [0.1, 0.15) is 5.82 Å². The van der Waals surface area contributed by atoms with Crippen molar-refractivity contribution in [3.8, 4) is 0 Å². The zero-order chi connectivity index (χ0) is 19.0. The summed E-state index contributed by atoms with van der Waals surface area (Å²) < 4.78 is 0. The Bertz CT molecular complexity index is 827. The largest absolute Gasteiger partial charge is 0.366 e. The Hall–Kier alpha value is -1.81. The van der Waals surface area contributed by atoms with Crippen LogP contribution in [0.2, 0.25) is 5.28 Å². The van der Waals surface area contributed by atoms with Gasteiger partial charge in [-0.2, -0.15) is 0 Å². The fourth-order valence-corrected chi connectivity index (χ4v) is 4.45. The summed E-state index contributed by atoms with van der Waals surface area (Å²) in [4.78, 5) is 14.1. The number of benzene rings is 1. The van der Waals surface area contributed by atoms with Crippen LogP contribution in [0.1, 0.15) is 61.4 Å². The number of halogens is 1. The maximum atomic E-state index is 6.27. The molecule has 144 valence electrons. The number of hydrogen-bond donors (Lipinski definition) is 0. The lowest BCUT2D eigenvalue weighted by Crippen LogP contribution is -2.36. The van der Waals surface area contributed by atoms with E-state index in [-0.39, 0.29) is 0 Å². The molecule has 1 aromatic heterocycles. The lowest BCUT2D eigenvalue weighted by atomic mass is 9.98. The summed E-state index contributed by atoms with van der Waals surface area (Å²) in [6, 6.07) is 6.87. The van der Waals surface area contributed by atoms with E-state index in [2.05, 4.69) is 58.7 Å². The maximum Gasteiger partial charge on any atom is 0.224 e. The summed E-state index contributed by atoms with van der Waals surface area (Å²) in [6.07, 6.45) is 4.69. The van der Waals surface area contributed by atoms with E-state index in [1.807, 2.05) is 0 Å². The van der Waals surface area contributed by atoms with Crippen LogP contribution in [0.15, 0.2) is 18.2 Å². The molecular weight excluding hydrogens is 356 g/mol. The summed E-state index contributed by atoms with van der Waals surface area (Å²) in [5.74, 6) is 1.60. The average Bonchev–Trinajstić information content (AvgIpc) is 2.68. The van der Waals surface area contributed by atoms with Crippen molar-refractivity contribution >= 4 is 23.1 Å². The van der Waals surface area contributed by atoms with Gasteiger partial charge in [0.05, 0.1) is 5.69 Å². The molecule has 2 aliphatic rings. The monoisotopic (exact) mass is 384 g/mol. The fraction of sp³-hybridized carbons (Fsp3) is 0.545. The highest BCUT2D eigenvalue weighted by Gasteiger charge is 2.26. The molecular formula is C22H29ClN4. The molecule has 0 N–H and O–H groups in total. The van der Waals surface area contributed by atoms with E-state index in [4.69, 9.17) is 11.6 Å². The molecule has 2 aromatic rings. The van der Waals surface area contributed by atoms with Crippen molar-refractivity contribution in [3.05, 3.63) is 45.9 Å². The van der Waals surface area contributed by atoms with Crippen LogP contribution >= 0.6 is 11.6 Å². The molecule has 27 heavy (non-hydrogen) atoms. The summed E-state index contributed by atoms with van der Waals surface area (Å²) in [7, 11) is 0. The van der Waals surface area contributed by atoms with Crippen molar-refractivity contribution in [1.82, 2.24) is 9.97 Å². The van der Waals surface area contributed by atoms with Crippen molar-refractivity contribution < 1.29 is 0 Å². The van der Waals surface area contributed by atoms with Gasteiger partial charge in [-0.05, 0) is 60.9 Å². The number of hydrogen-bond acceptors (Lipinski definition) is 4. The molecule has 0 bridgehead atoms. The van der Waals surface area contributed by atoms with Crippen LogP contribution in [0.4, 0.5) is 11.5 Å². The zero-order valence-corrected chi connectivity index (χ0v) is 17.4. The standard InChI is InChI=1S/C22H29ClN4/c1-15(2)17-8-7-16(3)20(13-17)27-12-9-19-18(14-27)21(25-22(23)24-19)26-10-5-4-6-11-26/h7-8,13,15H,4-6,9-12,14H2,1-3H3. The van der Waals surface area contributed by atoms with Gasteiger partial charge in [0.25, 0.3) is 0 Å². The molecule has 3 heterocycles. The molecule has 0 amide bonds. The SMILES string of the molecule is Cc1ccc(C(C)C)cc1N1CCc2nc(Cl)nc(N3CCCCC3)c2C1. The normalized spacial score (nSPS) is 17.4. The van der Waals surface area contributed by atoms with Crippen molar-refractivity contribution in [2.75, 3.05) is 29.4 Å². The molecule has 0 atom stereocenters. The number of rotatable bonds is 3. The van der Waals surface area contributed by atoms with Crippen LogP contribution in [-0.2, 0) is 13.0 Å². The summed E-state index contributed by atoms with van der Waals surface area (Å²) >= 11 is 6.27. The first-order valence-corrected chi connectivity index (χ1v) is 10.6. The van der Waals surface area contributed by atoms with Crippen molar-refractivity contribution in [3.63, 3.8) is 0 Å². The third kappa shape index (κ3) is 3.77. The fourth-order valence-electron chi connectivity index (χ4n) is 4.27. The minimum absolute atomic E-state index is 0.390. The highest BCUT2D eigenvalue weighted by Crippen LogP contribution is 2.34. The number of anilines is 2. The van der Waals surface area contributed by atoms with Gasteiger partial charge in [0, 0.05) is 43.9 Å². The zero-order valence-electron chi connectivity index (χ0n) is 16.6. The highest BCUT2D eigenvalue weighted by molar-refractivity contribution is 6.28. The minimum atomic E-state index is 0.390. The Labute approximate surface area is 167 Å². The second-order valence-corrected chi connectivity index (χ2v) is 8.50. The Morgan fingerprint density at radius 3 is 2.52 bits per heavy atom. The predicted molar refractivity (Wildman–Crippen MR) is 113 cm³/mol. The van der Waals surface area contributed by atoms with Gasteiger partial charge in [-0.25, -0.2) is 9.97 Å². The van der Waals surface area contributed by atoms with E-state index in [1.54, 1.807) is 0 Å². The molecule has 4 rings (SSSR count). The number of aromatic nitrogens is 2. The van der Waals surface area contributed by atoms with E-state index in [9.17, 15) is 0 Å². The first kappa shape index (κ1) is 18.5. The van der Waals surface area contributed by atoms with Gasteiger partial charge in [-0.1, -0.05) is 26.0 Å². The van der Waals surface area contributed by atoms with Gasteiger partial charge in [-0.15, -0.1) is 0 Å². The molecule has 0 aliphatic carbocycles. The molecule has 1 fully saturated rings. The smallest absolute Gasteiger partial charge is 0.224 e. The molecule has 0 radical (unpaired) electrons. The van der Waals surface area contributed by atoms with Crippen LogP contribution < -0.4 is 9.80 Å². The Morgan fingerprint density at radius 2 is 1.78 bits per heavy atom. The van der Waals surface area contributed by atoms with Crippen LogP contribution in [0, 0.1) is 6.92 Å². The lowest BCUT2D eigenvalue weighted by molar-refractivity contribution is 0.567. The van der Waals surface area contributed by atoms with E-state index in [0.29, 0.717) is 11.2 Å². The molecule has 2 aliphatic heterocycles. The second kappa shape index (κ2) is 7.67. The van der Waals surface area contributed by atoms with E-state index in [1.165, 1.54) is 41.6 Å². The highest BCUT2D eigenvalue weighted by atomic mass is 35.5. The number of aryl methyl sites for hydroxylation is 1. The van der Waals surface area contributed by atoms with Gasteiger partial charge in [0.15, 0.2) is 0 Å².